The van der Waals surface area contributed by atoms with Crippen LogP contribution in [0.2, 0.25) is 0 Å². The molecule has 1 fully saturated rings. The number of rotatable bonds is 2. The Hall–Kier alpha value is -1.60. The van der Waals surface area contributed by atoms with E-state index < -0.39 is 0 Å². The van der Waals surface area contributed by atoms with Gasteiger partial charge in [-0.25, -0.2) is 0 Å². The van der Waals surface area contributed by atoms with Gasteiger partial charge in [-0.3, -0.25) is 0 Å². The van der Waals surface area contributed by atoms with Crippen molar-refractivity contribution in [1.29, 1.82) is 0 Å². The van der Waals surface area contributed by atoms with Gasteiger partial charge in [0.15, 0.2) is 0 Å². The summed E-state index contributed by atoms with van der Waals surface area (Å²) in [7, 11) is 0. The topological polar surface area (TPSA) is 20.2 Å². The first-order valence-corrected chi connectivity index (χ1v) is 6.14. The summed E-state index contributed by atoms with van der Waals surface area (Å²) < 4.78 is 0. The maximum Gasteiger partial charge on any atom is 0.0620 e. The molecule has 0 saturated heterocycles. The van der Waals surface area contributed by atoms with Crippen molar-refractivity contribution in [1.82, 2.24) is 0 Å². The van der Waals surface area contributed by atoms with Gasteiger partial charge in [-0.15, -0.1) is 0 Å². The third-order valence-electron chi connectivity index (χ3n) is 3.76. The van der Waals surface area contributed by atoms with Crippen molar-refractivity contribution < 1.29 is 5.11 Å². The Bertz CT molecular complexity index is 477. The number of hydrogen-bond donors (Lipinski definition) is 1. The van der Waals surface area contributed by atoms with E-state index >= 15 is 0 Å². The fourth-order valence-electron chi connectivity index (χ4n) is 2.80. The number of hydrogen-bond acceptors (Lipinski definition) is 1. The fourth-order valence-corrected chi connectivity index (χ4v) is 2.80. The van der Waals surface area contributed by atoms with Crippen LogP contribution in [0.1, 0.15) is 29.4 Å². The molecule has 0 bridgehead atoms. The molecule has 0 radical (unpaired) electrons. The van der Waals surface area contributed by atoms with Crippen LogP contribution in [0.3, 0.4) is 0 Å². The maximum absolute atomic E-state index is 9.99. The predicted octanol–water partition coefficient (Wildman–Crippen LogP) is 3.32. The molecule has 2 aromatic rings. The van der Waals surface area contributed by atoms with Gasteiger partial charge in [-0.1, -0.05) is 60.7 Å². The van der Waals surface area contributed by atoms with Crippen molar-refractivity contribution in [2.45, 2.75) is 24.4 Å². The molecule has 86 valence electrons. The zero-order valence-electron chi connectivity index (χ0n) is 9.66. The zero-order chi connectivity index (χ0) is 11.7. The summed E-state index contributed by atoms with van der Waals surface area (Å²) in [5, 5.41) is 9.99. The quantitative estimate of drug-likeness (QED) is 0.829. The van der Waals surface area contributed by atoms with Crippen LogP contribution in [-0.2, 0) is 0 Å². The lowest BCUT2D eigenvalue weighted by molar-refractivity contribution is 0.0445. The standard InChI is InChI=1S/C16H16O/c17-15-11-14(12-7-3-1-4-8-12)16(15)13-9-5-2-6-10-13/h1-10,14-17H,11H2. The van der Waals surface area contributed by atoms with Crippen molar-refractivity contribution in [3.05, 3.63) is 71.8 Å². The van der Waals surface area contributed by atoms with Crippen LogP contribution in [0.5, 0.6) is 0 Å². The Labute approximate surface area is 102 Å². The fraction of sp³-hybridized carbons (Fsp3) is 0.250. The van der Waals surface area contributed by atoms with E-state index in [1.54, 1.807) is 0 Å². The van der Waals surface area contributed by atoms with Gasteiger partial charge in [-0.2, -0.15) is 0 Å². The van der Waals surface area contributed by atoms with Crippen LogP contribution in [0, 0.1) is 0 Å². The van der Waals surface area contributed by atoms with E-state index in [1.807, 2.05) is 24.3 Å². The summed E-state index contributed by atoms with van der Waals surface area (Å²) in [6.07, 6.45) is 0.687. The highest BCUT2D eigenvalue weighted by atomic mass is 16.3. The molecule has 2 aromatic carbocycles. The van der Waals surface area contributed by atoms with Crippen LogP contribution in [0.15, 0.2) is 60.7 Å². The van der Waals surface area contributed by atoms with Crippen LogP contribution in [0.4, 0.5) is 0 Å². The van der Waals surface area contributed by atoms with Gasteiger partial charge in [0.1, 0.15) is 0 Å². The lowest BCUT2D eigenvalue weighted by Crippen LogP contribution is -2.37. The van der Waals surface area contributed by atoms with Crippen LogP contribution in [-0.4, -0.2) is 11.2 Å². The molecule has 3 rings (SSSR count). The van der Waals surface area contributed by atoms with E-state index in [2.05, 4.69) is 36.4 Å². The van der Waals surface area contributed by atoms with Crippen LogP contribution < -0.4 is 0 Å². The molecule has 1 aliphatic rings. The van der Waals surface area contributed by atoms with Crippen molar-refractivity contribution in [3.8, 4) is 0 Å². The summed E-state index contributed by atoms with van der Waals surface area (Å²) in [4.78, 5) is 0. The van der Waals surface area contributed by atoms with Gasteiger partial charge in [0, 0.05) is 5.92 Å². The van der Waals surface area contributed by atoms with E-state index in [0.29, 0.717) is 5.92 Å². The third kappa shape index (κ3) is 1.87. The summed E-state index contributed by atoms with van der Waals surface area (Å²) in [6.45, 7) is 0. The molecular formula is C16H16O. The number of aliphatic hydroxyl groups is 1. The molecule has 0 spiro atoms. The second-order valence-electron chi connectivity index (χ2n) is 4.76. The molecule has 3 unspecified atom stereocenters. The lowest BCUT2D eigenvalue weighted by atomic mass is 9.65. The average molecular weight is 224 g/mol. The van der Waals surface area contributed by atoms with Gasteiger partial charge in [0.25, 0.3) is 0 Å². The van der Waals surface area contributed by atoms with Crippen LogP contribution in [0.25, 0.3) is 0 Å². The van der Waals surface area contributed by atoms with Crippen molar-refractivity contribution in [2.75, 3.05) is 0 Å². The molecule has 17 heavy (non-hydrogen) atoms. The van der Waals surface area contributed by atoms with Gasteiger partial charge < -0.3 is 5.11 Å². The Kier molecular flexibility index (Phi) is 2.69. The van der Waals surface area contributed by atoms with Crippen LogP contribution >= 0.6 is 0 Å². The second-order valence-corrected chi connectivity index (χ2v) is 4.76. The van der Waals surface area contributed by atoms with Gasteiger partial charge in [0.2, 0.25) is 0 Å². The first-order chi connectivity index (χ1) is 8.36. The minimum absolute atomic E-state index is 0.192. The Balaban J connectivity index is 1.89. The summed E-state index contributed by atoms with van der Waals surface area (Å²) in [6, 6.07) is 20.8. The Morgan fingerprint density at radius 2 is 1.29 bits per heavy atom. The zero-order valence-corrected chi connectivity index (χ0v) is 9.66. The smallest absolute Gasteiger partial charge is 0.0620 e. The highest BCUT2D eigenvalue weighted by Crippen LogP contribution is 2.48. The predicted molar refractivity (Wildman–Crippen MR) is 69.0 cm³/mol. The highest BCUT2D eigenvalue weighted by molar-refractivity contribution is 5.33. The first kappa shape index (κ1) is 10.5. The molecular weight excluding hydrogens is 208 g/mol. The molecule has 0 aromatic heterocycles. The normalized spacial score (nSPS) is 27.5. The summed E-state index contributed by atoms with van der Waals surface area (Å²) in [5.41, 5.74) is 2.59. The summed E-state index contributed by atoms with van der Waals surface area (Å²) >= 11 is 0. The molecule has 0 amide bonds. The Morgan fingerprint density at radius 1 is 0.765 bits per heavy atom. The highest BCUT2D eigenvalue weighted by Gasteiger charge is 2.41. The first-order valence-electron chi connectivity index (χ1n) is 6.14. The second kappa shape index (κ2) is 4.34. The average Bonchev–Trinajstić information content (AvgIpc) is 2.38. The van der Waals surface area contributed by atoms with E-state index in [4.69, 9.17) is 0 Å². The molecule has 1 aliphatic carbocycles. The molecule has 1 N–H and O–H groups in total. The van der Waals surface area contributed by atoms with Crippen molar-refractivity contribution in [2.24, 2.45) is 0 Å². The SMILES string of the molecule is OC1CC(c2ccccc2)C1c1ccccc1. The molecule has 0 aliphatic heterocycles. The van der Waals surface area contributed by atoms with Crippen molar-refractivity contribution >= 4 is 0 Å². The Morgan fingerprint density at radius 3 is 1.82 bits per heavy atom. The molecule has 1 nitrogen and oxygen atoms in total. The molecule has 3 atom stereocenters. The molecule has 1 heteroatoms. The minimum atomic E-state index is -0.192. The monoisotopic (exact) mass is 224 g/mol. The molecule has 1 saturated carbocycles. The third-order valence-corrected chi connectivity index (χ3v) is 3.76. The number of aliphatic hydroxyl groups excluding tert-OH is 1. The van der Waals surface area contributed by atoms with E-state index in [9.17, 15) is 5.11 Å². The van der Waals surface area contributed by atoms with Gasteiger partial charge in [0.05, 0.1) is 6.10 Å². The largest absolute Gasteiger partial charge is 0.392 e. The maximum atomic E-state index is 9.99. The van der Waals surface area contributed by atoms with Gasteiger partial charge >= 0.3 is 0 Å². The van der Waals surface area contributed by atoms with Crippen molar-refractivity contribution in [3.63, 3.8) is 0 Å². The van der Waals surface area contributed by atoms with E-state index in [-0.39, 0.29) is 12.0 Å². The molecule has 0 heterocycles. The summed E-state index contributed by atoms with van der Waals surface area (Å²) in [5.74, 6) is 0.729. The van der Waals surface area contributed by atoms with Gasteiger partial charge in [-0.05, 0) is 23.5 Å². The lowest BCUT2D eigenvalue weighted by Gasteiger charge is -2.42. The van der Waals surface area contributed by atoms with E-state index in [0.717, 1.165) is 6.42 Å². The number of benzene rings is 2. The van der Waals surface area contributed by atoms with E-state index in [1.165, 1.54) is 11.1 Å². The minimum Gasteiger partial charge on any atom is -0.392 e.